The van der Waals surface area contributed by atoms with Gasteiger partial charge in [-0.05, 0) is 49.1 Å². The molecule has 1 fully saturated rings. The van der Waals surface area contributed by atoms with Gasteiger partial charge in [-0.1, -0.05) is 12.5 Å². The molecule has 1 aliphatic carbocycles. The van der Waals surface area contributed by atoms with Crippen molar-refractivity contribution in [2.45, 2.75) is 37.0 Å². The molecule has 0 radical (unpaired) electrons. The zero-order chi connectivity index (χ0) is 12.6. The van der Waals surface area contributed by atoms with Crippen LogP contribution in [0.25, 0.3) is 0 Å². The average molecular weight is 261 g/mol. The molecule has 0 saturated heterocycles. The molecule has 3 heteroatoms. The zero-order valence-corrected chi connectivity index (χ0v) is 11.4. The van der Waals surface area contributed by atoms with Gasteiger partial charge < -0.3 is 5.73 Å². The Morgan fingerprint density at radius 1 is 1.33 bits per heavy atom. The Morgan fingerprint density at radius 2 is 2.17 bits per heavy atom. The lowest BCUT2D eigenvalue weighted by Crippen LogP contribution is -2.44. The molecule has 1 heterocycles. The Kier molecular flexibility index (Phi) is 3.20. The highest BCUT2D eigenvalue weighted by Crippen LogP contribution is 2.43. The van der Waals surface area contributed by atoms with Crippen molar-refractivity contribution in [3.05, 3.63) is 29.3 Å². The number of carbonyl (C=O) groups excluding carboxylic acids is 1. The molecule has 0 bridgehead atoms. The quantitative estimate of drug-likeness (QED) is 0.850. The first-order valence-corrected chi connectivity index (χ1v) is 7.74. The molecule has 2 nitrogen and oxygen atoms in total. The lowest BCUT2D eigenvalue weighted by atomic mass is 9.64. The van der Waals surface area contributed by atoms with Gasteiger partial charge in [0.2, 0.25) is 0 Å². The van der Waals surface area contributed by atoms with Gasteiger partial charge in [0.15, 0.2) is 5.78 Å². The summed E-state index contributed by atoms with van der Waals surface area (Å²) in [7, 11) is 0. The second-order valence-electron chi connectivity index (χ2n) is 5.44. The molecule has 0 amide bonds. The highest BCUT2D eigenvalue weighted by atomic mass is 32.2. The number of nitrogens with two attached hydrogens (primary N) is 1. The van der Waals surface area contributed by atoms with Crippen molar-refractivity contribution < 1.29 is 4.79 Å². The SMILES string of the molecule is NCC1(C(=O)c2ccc3c(c2)CCCS3)CCC1. The molecule has 0 spiro atoms. The van der Waals surface area contributed by atoms with E-state index in [1.54, 1.807) is 0 Å². The van der Waals surface area contributed by atoms with Crippen LogP contribution in [0.4, 0.5) is 0 Å². The minimum absolute atomic E-state index is 0.240. The number of aryl methyl sites for hydroxylation is 1. The normalized spacial score (nSPS) is 20.9. The molecule has 3 rings (SSSR count). The third-order valence-corrected chi connectivity index (χ3v) is 5.56. The number of carbonyl (C=O) groups is 1. The largest absolute Gasteiger partial charge is 0.329 e. The van der Waals surface area contributed by atoms with Crippen molar-refractivity contribution in [1.82, 2.24) is 0 Å². The summed E-state index contributed by atoms with van der Waals surface area (Å²) in [6.07, 6.45) is 5.41. The zero-order valence-electron chi connectivity index (χ0n) is 10.6. The van der Waals surface area contributed by atoms with Crippen LogP contribution in [0.1, 0.15) is 41.6 Å². The van der Waals surface area contributed by atoms with Crippen LogP contribution in [0.15, 0.2) is 23.1 Å². The van der Waals surface area contributed by atoms with E-state index in [0.717, 1.165) is 31.2 Å². The van der Waals surface area contributed by atoms with Crippen LogP contribution in [-0.4, -0.2) is 18.1 Å². The number of hydrogen-bond donors (Lipinski definition) is 1. The number of benzene rings is 1. The van der Waals surface area contributed by atoms with Gasteiger partial charge in [0.1, 0.15) is 0 Å². The number of rotatable bonds is 3. The summed E-state index contributed by atoms with van der Waals surface area (Å²) in [5.74, 6) is 1.47. The Morgan fingerprint density at radius 3 is 2.83 bits per heavy atom. The molecule has 2 N–H and O–H groups in total. The second kappa shape index (κ2) is 4.71. The van der Waals surface area contributed by atoms with Crippen LogP contribution >= 0.6 is 11.8 Å². The van der Waals surface area contributed by atoms with Crippen molar-refractivity contribution in [3.8, 4) is 0 Å². The molecular formula is C15H19NOS. The second-order valence-corrected chi connectivity index (χ2v) is 6.58. The molecule has 1 aliphatic heterocycles. The van der Waals surface area contributed by atoms with Gasteiger partial charge in [-0.25, -0.2) is 0 Å². The summed E-state index contributed by atoms with van der Waals surface area (Å²) >= 11 is 1.91. The predicted octanol–water partition coefficient (Wildman–Crippen LogP) is 3.04. The van der Waals surface area contributed by atoms with E-state index in [2.05, 4.69) is 12.1 Å². The molecular weight excluding hydrogens is 242 g/mol. The Labute approximate surface area is 112 Å². The highest BCUT2D eigenvalue weighted by Gasteiger charge is 2.43. The molecule has 1 saturated carbocycles. The molecule has 1 aromatic carbocycles. The topological polar surface area (TPSA) is 43.1 Å². The van der Waals surface area contributed by atoms with Gasteiger partial charge in [-0.2, -0.15) is 0 Å². The van der Waals surface area contributed by atoms with Crippen molar-refractivity contribution in [2.75, 3.05) is 12.3 Å². The van der Waals surface area contributed by atoms with E-state index in [1.165, 1.54) is 22.6 Å². The van der Waals surface area contributed by atoms with E-state index in [4.69, 9.17) is 5.73 Å². The Hall–Kier alpha value is -0.800. The predicted molar refractivity (Wildman–Crippen MR) is 75.2 cm³/mol. The molecule has 0 unspecified atom stereocenters. The van der Waals surface area contributed by atoms with Crippen molar-refractivity contribution >= 4 is 17.5 Å². The van der Waals surface area contributed by atoms with Crippen LogP contribution < -0.4 is 5.73 Å². The summed E-state index contributed by atoms with van der Waals surface area (Å²) < 4.78 is 0. The van der Waals surface area contributed by atoms with Crippen LogP contribution in [0.5, 0.6) is 0 Å². The third-order valence-electron chi connectivity index (χ3n) is 4.35. The van der Waals surface area contributed by atoms with Crippen molar-refractivity contribution in [2.24, 2.45) is 11.1 Å². The van der Waals surface area contributed by atoms with E-state index in [1.807, 2.05) is 17.8 Å². The van der Waals surface area contributed by atoms with Crippen LogP contribution in [-0.2, 0) is 6.42 Å². The first kappa shape index (κ1) is 12.2. The standard InChI is InChI=1S/C15H19NOS/c16-10-15(6-2-7-15)14(17)12-4-5-13-11(9-12)3-1-8-18-13/h4-5,9H,1-3,6-8,10,16H2. The fourth-order valence-corrected chi connectivity index (χ4v) is 3.95. The Balaban J connectivity index is 1.90. The smallest absolute Gasteiger partial charge is 0.170 e. The van der Waals surface area contributed by atoms with E-state index in [9.17, 15) is 4.79 Å². The van der Waals surface area contributed by atoms with Gasteiger partial charge in [0.25, 0.3) is 0 Å². The van der Waals surface area contributed by atoms with Crippen molar-refractivity contribution in [1.29, 1.82) is 0 Å². The number of hydrogen-bond acceptors (Lipinski definition) is 3. The summed E-state index contributed by atoms with van der Waals surface area (Å²) in [5.41, 5.74) is 7.81. The fourth-order valence-electron chi connectivity index (χ4n) is 2.94. The molecule has 96 valence electrons. The maximum atomic E-state index is 12.6. The van der Waals surface area contributed by atoms with E-state index < -0.39 is 0 Å². The van der Waals surface area contributed by atoms with Crippen molar-refractivity contribution in [3.63, 3.8) is 0 Å². The van der Waals surface area contributed by atoms with E-state index in [-0.39, 0.29) is 11.2 Å². The molecule has 2 aliphatic rings. The number of fused-ring (bicyclic) bond motifs is 1. The first-order valence-electron chi connectivity index (χ1n) is 6.76. The average Bonchev–Trinajstić information content (AvgIpc) is 2.37. The number of thioether (sulfide) groups is 1. The summed E-state index contributed by atoms with van der Waals surface area (Å²) in [5, 5.41) is 0. The first-order chi connectivity index (χ1) is 8.75. The van der Waals surface area contributed by atoms with Gasteiger partial charge in [-0.3, -0.25) is 4.79 Å². The monoisotopic (exact) mass is 261 g/mol. The minimum Gasteiger partial charge on any atom is -0.329 e. The molecule has 0 aromatic heterocycles. The Bertz CT molecular complexity index is 474. The third kappa shape index (κ3) is 1.90. The molecule has 1 aromatic rings. The van der Waals surface area contributed by atoms with Gasteiger partial charge in [0.05, 0.1) is 0 Å². The minimum atomic E-state index is -0.240. The van der Waals surface area contributed by atoms with E-state index >= 15 is 0 Å². The van der Waals surface area contributed by atoms with Crippen LogP contribution in [0, 0.1) is 5.41 Å². The number of Topliss-reactive ketones (excluding diaryl/α,β-unsaturated/α-hetero) is 1. The molecule has 0 atom stereocenters. The lowest BCUT2D eigenvalue weighted by molar-refractivity contribution is 0.0636. The maximum Gasteiger partial charge on any atom is 0.170 e. The van der Waals surface area contributed by atoms with Crippen LogP contribution in [0.2, 0.25) is 0 Å². The van der Waals surface area contributed by atoms with Gasteiger partial charge >= 0.3 is 0 Å². The fraction of sp³-hybridized carbons (Fsp3) is 0.533. The van der Waals surface area contributed by atoms with Crippen LogP contribution in [0.3, 0.4) is 0 Å². The number of ketones is 1. The van der Waals surface area contributed by atoms with Gasteiger partial charge in [-0.15, -0.1) is 11.8 Å². The lowest BCUT2D eigenvalue weighted by Gasteiger charge is -2.39. The highest BCUT2D eigenvalue weighted by molar-refractivity contribution is 7.99. The summed E-state index contributed by atoms with van der Waals surface area (Å²) in [6, 6.07) is 6.23. The maximum absolute atomic E-state index is 12.6. The van der Waals surface area contributed by atoms with E-state index in [0.29, 0.717) is 6.54 Å². The summed E-state index contributed by atoms with van der Waals surface area (Å²) in [4.78, 5) is 13.9. The summed E-state index contributed by atoms with van der Waals surface area (Å²) in [6.45, 7) is 0.498. The van der Waals surface area contributed by atoms with Gasteiger partial charge in [0, 0.05) is 22.4 Å². The molecule has 18 heavy (non-hydrogen) atoms.